The molecular weight excluding hydrogens is 354 g/mol. The second-order valence-electron chi connectivity index (χ2n) is 7.22. The van der Waals surface area contributed by atoms with Gasteiger partial charge in [-0.3, -0.25) is 4.79 Å². The lowest BCUT2D eigenvalue weighted by molar-refractivity contribution is -0.136. The number of piperidine rings is 1. The van der Waals surface area contributed by atoms with Gasteiger partial charge < -0.3 is 9.80 Å². The second kappa shape index (κ2) is 8.33. The number of carbonyl (C=O) groups excluding carboxylic acids is 1. The zero-order valence-corrected chi connectivity index (χ0v) is 16.1. The Kier molecular flexibility index (Phi) is 5.45. The number of hydrogen-bond donors (Lipinski definition) is 0. The molecule has 2 aromatic heterocycles. The molecule has 0 bridgehead atoms. The van der Waals surface area contributed by atoms with Gasteiger partial charge in [0.2, 0.25) is 5.91 Å². The summed E-state index contributed by atoms with van der Waals surface area (Å²) in [4.78, 5) is 17.4. The van der Waals surface area contributed by atoms with Crippen molar-refractivity contribution in [3.63, 3.8) is 0 Å². The summed E-state index contributed by atoms with van der Waals surface area (Å²) in [6.45, 7) is 5.22. The standard InChI is InChI=1S/C20H25N7O/c1-2-12-26(15-16-6-4-3-5-7-16)20(28)17-10-13-25(14-11-17)19-9-8-18-21-23-24-27(18)22-19/h3-9,17H,2,10-15H2,1H3. The maximum atomic E-state index is 13.1. The van der Waals surface area contributed by atoms with Crippen LogP contribution in [0.3, 0.4) is 0 Å². The molecule has 0 aliphatic carbocycles. The van der Waals surface area contributed by atoms with E-state index in [2.05, 4.69) is 44.6 Å². The summed E-state index contributed by atoms with van der Waals surface area (Å²) < 4.78 is 1.44. The van der Waals surface area contributed by atoms with Crippen molar-refractivity contribution in [1.29, 1.82) is 0 Å². The van der Waals surface area contributed by atoms with Gasteiger partial charge >= 0.3 is 0 Å². The first-order chi connectivity index (χ1) is 13.7. The van der Waals surface area contributed by atoms with Gasteiger partial charge in [0.1, 0.15) is 0 Å². The van der Waals surface area contributed by atoms with Gasteiger partial charge in [-0.05, 0) is 47.4 Å². The van der Waals surface area contributed by atoms with E-state index < -0.39 is 0 Å². The molecule has 0 radical (unpaired) electrons. The van der Waals surface area contributed by atoms with Crippen LogP contribution in [0.25, 0.3) is 5.65 Å². The smallest absolute Gasteiger partial charge is 0.226 e. The average Bonchev–Trinajstić information content (AvgIpc) is 3.22. The van der Waals surface area contributed by atoms with Gasteiger partial charge in [-0.25, -0.2) is 0 Å². The quantitative estimate of drug-likeness (QED) is 0.653. The van der Waals surface area contributed by atoms with Crippen molar-refractivity contribution < 1.29 is 4.79 Å². The molecule has 0 saturated carbocycles. The molecule has 0 atom stereocenters. The molecule has 1 fully saturated rings. The predicted molar refractivity (Wildman–Crippen MR) is 106 cm³/mol. The molecule has 146 valence electrons. The number of hydrogen-bond acceptors (Lipinski definition) is 6. The highest BCUT2D eigenvalue weighted by Gasteiger charge is 2.29. The average molecular weight is 379 g/mol. The molecule has 4 rings (SSSR count). The minimum Gasteiger partial charge on any atom is -0.355 e. The summed E-state index contributed by atoms with van der Waals surface area (Å²) in [7, 11) is 0. The number of rotatable bonds is 6. The van der Waals surface area contributed by atoms with Crippen molar-refractivity contribution in [2.75, 3.05) is 24.5 Å². The van der Waals surface area contributed by atoms with Crippen LogP contribution in [0, 0.1) is 5.92 Å². The number of fused-ring (bicyclic) bond motifs is 1. The monoisotopic (exact) mass is 379 g/mol. The van der Waals surface area contributed by atoms with Crippen LogP contribution in [0.5, 0.6) is 0 Å². The van der Waals surface area contributed by atoms with Gasteiger partial charge in [0, 0.05) is 32.1 Å². The Morgan fingerprint density at radius 3 is 2.68 bits per heavy atom. The van der Waals surface area contributed by atoms with Crippen LogP contribution in [-0.2, 0) is 11.3 Å². The fourth-order valence-corrected chi connectivity index (χ4v) is 3.76. The number of tetrazole rings is 1. The van der Waals surface area contributed by atoms with E-state index >= 15 is 0 Å². The lowest BCUT2D eigenvalue weighted by atomic mass is 9.95. The highest BCUT2D eigenvalue weighted by atomic mass is 16.2. The Morgan fingerprint density at radius 2 is 1.93 bits per heavy atom. The van der Waals surface area contributed by atoms with Crippen molar-refractivity contribution in [3.8, 4) is 0 Å². The van der Waals surface area contributed by atoms with Crippen LogP contribution >= 0.6 is 0 Å². The molecule has 0 spiro atoms. The van der Waals surface area contributed by atoms with Crippen LogP contribution in [0.15, 0.2) is 42.5 Å². The van der Waals surface area contributed by atoms with Crippen LogP contribution in [-0.4, -0.2) is 55.7 Å². The minimum atomic E-state index is 0.0725. The van der Waals surface area contributed by atoms with E-state index in [1.54, 1.807) is 0 Å². The number of amides is 1. The largest absolute Gasteiger partial charge is 0.355 e. The summed E-state index contributed by atoms with van der Waals surface area (Å²) >= 11 is 0. The molecule has 1 aliphatic rings. The van der Waals surface area contributed by atoms with Crippen molar-refractivity contribution in [2.24, 2.45) is 5.92 Å². The summed E-state index contributed by atoms with van der Waals surface area (Å²) in [6.07, 6.45) is 2.64. The molecule has 3 heterocycles. The molecular formula is C20H25N7O. The topological polar surface area (TPSA) is 79.5 Å². The highest BCUT2D eigenvalue weighted by molar-refractivity contribution is 5.79. The molecule has 8 heteroatoms. The third kappa shape index (κ3) is 3.95. The molecule has 1 saturated heterocycles. The first kappa shape index (κ1) is 18.3. The molecule has 1 amide bonds. The van der Waals surface area contributed by atoms with Crippen molar-refractivity contribution in [1.82, 2.24) is 30.2 Å². The number of aromatic nitrogens is 5. The van der Waals surface area contributed by atoms with E-state index in [0.29, 0.717) is 12.2 Å². The maximum absolute atomic E-state index is 13.1. The van der Waals surface area contributed by atoms with E-state index in [9.17, 15) is 4.79 Å². The Morgan fingerprint density at radius 1 is 1.14 bits per heavy atom. The zero-order valence-electron chi connectivity index (χ0n) is 16.1. The van der Waals surface area contributed by atoms with Gasteiger partial charge in [0.25, 0.3) is 0 Å². The van der Waals surface area contributed by atoms with E-state index in [1.807, 2.05) is 35.2 Å². The van der Waals surface area contributed by atoms with Crippen LogP contribution in [0.2, 0.25) is 0 Å². The second-order valence-corrected chi connectivity index (χ2v) is 7.22. The summed E-state index contributed by atoms with van der Waals surface area (Å²) in [5, 5.41) is 15.8. The van der Waals surface area contributed by atoms with Gasteiger partial charge in [-0.2, -0.15) is 0 Å². The molecule has 8 nitrogen and oxygen atoms in total. The first-order valence-electron chi connectivity index (χ1n) is 9.87. The van der Waals surface area contributed by atoms with E-state index in [-0.39, 0.29) is 11.8 Å². The Balaban J connectivity index is 1.39. The van der Waals surface area contributed by atoms with Crippen molar-refractivity contribution in [2.45, 2.75) is 32.7 Å². The summed E-state index contributed by atoms with van der Waals surface area (Å²) in [5.74, 6) is 1.19. The number of carbonyl (C=O) groups is 1. The lowest BCUT2D eigenvalue weighted by Gasteiger charge is -2.34. The van der Waals surface area contributed by atoms with Crippen LogP contribution in [0.4, 0.5) is 5.82 Å². The number of benzene rings is 1. The van der Waals surface area contributed by atoms with E-state index in [4.69, 9.17) is 0 Å². The summed E-state index contributed by atoms with van der Waals surface area (Å²) in [6, 6.07) is 14.0. The van der Waals surface area contributed by atoms with Gasteiger partial charge in [-0.15, -0.1) is 14.8 Å². The SMILES string of the molecule is CCCN(Cc1ccccc1)C(=O)C1CCN(c2ccc3nnnn3n2)CC1. The lowest BCUT2D eigenvalue weighted by Crippen LogP contribution is -2.43. The molecule has 1 aliphatic heterocycles. The Bertz CT molecular complexity index is 918. The fourth-order valence-electron chi connectivity index (χ4n) is 3.76. The number of nitrogens with zero attached hydrogens (tertiary/aromatic N) is 7. The highest BCUT2D eigenvalue weighted by Crippen LogP contribution is 2.24. The molecule has 0 N–H and O–H groups in total. The Hall–Kier alpha value is -3.03. The van der Waals surface area contributed by atoms with E-state index in [1.165, 1.54) is 10.2 Å². The summed E-state index contributed by atoms with van der Waals surface area (Å²) in [5.41, 5.74) is 1.81. The van der Waals surface area contributed by atoms with Crippen molar-refractivity contribution in [3.05, 3.63) is 48.0 Å². The van der Waals surface area contributed by atoms with Gasteiger partial charge in [0.05, 0.1) is 0 Å². The predicted octanol–water partition coefficient (Wildman–Crippen LogP) is 2.17. The normalized spacial score (nSPS) is 15.1. The maximum Gasteiger partial charge on any atom is 0.226 e. The third-order valence-corrected chi connectivity index (χ3v) is 5.25. The Labute approximate surface area is 164 Å². The van der Waals surface area contributed by atoms with Crippen molar-refractivity contribution >= 4 is 17.4 Å². The van der Waals surface area contributed by atoms with Crippen LogP contribution < -0.4 is 4.90 Å². The molecule has 28 heavy (non-hydrogen) atoms. The number of anilines is 1. The zero-order chi connectivity index (χ0) is 19.3. The molecule has 3 aromatic rings. The van der Waals surface area contributed by atoms with Gasteiger partial charge in [-0.1, -0.05) is 37.3 Å². The minimum absolute atomic E-state index is 0.0725. The first-order valence-corrected chi connectivity index (χ1v) is 9.87. The van der Waals surface area contributed by atoms with E-state index in [0.717, 1.165) is 44.7 Å². The fraction of sp³-hybridized carbons (Fsp3) is 0.450. The van der Waals surface area contributed by atoms with Gasteiger partial charge in [0.15, 0.2) is 11.5 Å². The molecule has 1 aromatic carbocycles. The third-order valence-electron chi connectivity index (χ3n) is 5.25. The molecule has 0 unspecified atom stereocenters. The van der Waals surface area contributed by atoms with Crippen LogP contribution in [0.1, 0.15) is 31.7 Å².